The van der Waals surface area contributed by atoms with E-state index in [2.05, 4.69) is 12.2 Å². The number of carbonyl (C=O) groups is 2. The number of hydrogen-bond donors (Lipinski definition) is 2. The molecule has 1 saturated heterocycles. The van der Waals surface area contributed by atoms with Crippen LogP contribution < -0.4 is 5.32 Å². The minimum absolute atomic E-state index is 0.0609. The van der Waals surface area contributed by atoms with Gasteiger partial charge in [-0.15, -0.1) is 0 Å². The second-order valence-corrected chi connectivity index (χ2v) is 7.65. The molecule has 0 saturated carbocycles. The summed E-state index contributed by atoms with van der Waals surface area (Å²) >= 11 is 0. The van der Waals surface area contributed by atoms with Crippen LogP contribution in [0.1, 0.15) is 73.1 Å². The van der Waals surface area contributed by atoms with Gasteiger partial charge >= 0.3 is 12.1 Å². The van der Waals surface area contributed by atoms with Gasteiger partial charge in [-0.2, -0.15) is 0 Å². The molecule has 4 unspecified atom stereocenters. The van der Waals surface area contributed by atoms with Gasteiger partial charge in [0.25, 0.3) is 0 Å². The molecule has 24 heavy (non-hydrogen) atoms. The van der Waals surface area contributed by atoms with Gasteiger partial charge in [0.15, 0.2) is 0 Å². The van der Waals surface area contributed by atoms with Crippen LogP contribution in [0.3, 0.4) is 0 Å². The van der Waals surface area contributed by atoms with E-state index in [9.17, 15) is 14.7 Å². The number of rotatable bonds is 4. The molecule has 0 aromatic carbocycles. The normalized spacial score (nSPS) is 29.0. The molecule has 1 amide bonds. The minimum atomic E-state index is -0.737. The largest absolute Gasteiger partial charge is 0.461 e. The van der Waals surface area contributed by atoms with Crippen LogP contribution in [0.5, 0.6) is 0 Å². The van der Waals surface area contributed by atoms with Crippen molar-refractivity contribution in [1.29, 1.82) is 0 Å². The predicted octanol–water partition coefficient (Wildman–Crippen LogP) is 3.16. The van der Waals surface area contributed by atoms with Crippen molar-refractivity contribution in [3.05, 3.63) is 0 Å². The van der Waals surface area contributed by atoms with Crippen molar-refractivity contribution in [1.82, 2.24) is 5.32 Å². The Morgan fingerprint density at radius 2 is 2.04 bits per heavy atom. The van der Waals surface area contributed by atoms with Crippen LogP contribution in [0.15, 0.2) is 0 Å². The van der Waals surface area contributed by atoms with E-state index in [0.717, 1.165) is 19.3 Å². The lowest BCUT2D eigenvalue weighted by atomic mass is 9.88. The van der Waals surface area contributed by atoms with Crippen LogP contribution in [-0.2, 0) is 14.3 Å². The number of carbonyl (C=O) groups excluding carboxylic acids is 2. The predicted molar refractivity (Wildman–Crippen MR) is 91.6 cm³/mol. The topological polar surface area (TPSA) is 84.9 Å². The summed E-state index contributed by atoms with van der Waals surface area (Å²) in [6.45, 7) is 9.22. The van der Waals surface area contributed by atoms with Crippen molar-refractivity contribution in [2.75, 3.05) is 0 Å². The van der Waals surface area contributed by atoms with Crippen molar-refractivity contribution >= 4 is 12.1 Å². The standard InChI is InChI=1S/C18H33NO5/c1-6-7-9-13-12(2)23-16(21)14(10-8-11-15(13)20)19-17(22)24-18(3,4)5/h12-15,20H,6-11H2,1-5H3,(H,19,22). The molecule has 1 aliphatic rings. The van der Waals surface area contributed by atoms with Gasteiger partial charge in [0.05, 0.1) is 6.10 Å². The fourth-order valence-electron chi connectivity index (χ4n) is 2.98. The van der Waals surface area contributed by atoms with E-state index in [-0.39, 0.29) is 12.0 Å². The Morgan fingerprint density at radius 1 is 1.38 bits per heavy atom. The molecule has 0 spiro atoms. The first kappa shape index (κ1) is 20.7. The number of esters is 1. The highest BCUT2D eigenvalue weighted by molar-refractivity contribution is 5.81. The summed E-state index contributed by atoms with van der Waals surface area (Å²) in [5, 5.41) is 13.0. The first-order chi connectivity index (χ1) is 11.1. The lowest BCUT2D eigenvalue weighted by Crippen LogP contribution is -2.45. The van der Waals surface area contributed by atoms with Crippen molar-refractivity contribution < 1.29 is 24.2 Å². The molecule has 1 heterocycles. The highest BCUT2D eigenvalue weighted by Crippen LogP contribution is 2.26. The van der Waals surface area contributed by atoms with Crippen LogP contribution in [0.25, 0.3) is 0 Å². The third kappa shape index (κ3) is 7.07. The first-order valence-corrected chi connectivity index (χ1v) is 9.02. The third-order valence-corrected chi connectivity index (χ3v) is 4.26. The average molecular weight is 343 g/mol. The van der Waals surface area contributed by atoms with Gasteiger partial charge in [-0.3, -0.25) is 0 Å². The summed E-state index contributed by atoms with van der Waals surface area (Å²) in [5.41, 5.74) is -0.624. The fourth-order valence-corrected chi connectivity index (χ4v) is 2.98. The Kier molecular flexibility index (Phi) is 8.00. The molecule has 4 atom stereocenters. The van der Waals surface area contributed by atoms with E-state index in [4.69, 9.17) is 9.47 Å². The highest BCUT2D eigenvalue weighted by Gasteiger charge is 2.33. The molecular formula is C18H33NO5. The van der Waals surface area contributed by atoms with Crippen LogP contribution in [-0.4, -0.2) is 41.0 Å². The Labute approximate surface area is 145 Å². The second kappa shape index (κ2) is 9.25. The molecule has 0 aromatic rings. The maximum atomic E-state index is 12.4. The third-order valence-electron chi connectivity index (χ3n) is 4.26. The van der Waals surface area contributed by atoms with Crippen molar-refractivity contribution in [3.8, 4) is 0 Å². The number of unbranched alkanes of at least 4 members (excludes halogenated alkanes) is 1. The SMILES string of the molecule is CCCCC1C(O)CCCC(NC(=O)OC(C)(C)C)C(=O)OC1C. The first-order valence-electron chi connectivity index (χ1n) is 9.02. The van der Waals surface area contributed by atoms with Gasteiger partial charge in [0, 0.05) is 5.92 Å². The van der Waals surface area contributed by atoms with Crippen molar-refractivity contribution in [2.45, 2.75) is 97.0 Å². The number of amides is 1. The van der Waals surface area contributed by atoms with E-state index in [1.165, 1.54) is 0 Å². The van der Waals surface area contributed by atoms with Gasteiger partial charge in [-0.25, -0.2) is 9.59 Å². The number of hydrogen-bond acceptors (Lipinski definition) is 5. The molecule has 1 aliphatic heterocycles. The molecule has 6 heteroatoms. The summed E-state index contributed by atoms with van der Waals surface area (Å²) in [6.07, 6.45) is 3.04. The monoisotopic (exact) mass is 343 g/mol. The van der Waals surface area contributed by atoms with Crippen LogP contribution in [0.2, 0.25) is 0 Å². The molecule has 0 bridgehead atoms. The van der Waals surface area contributed by atoms with E-state index in [1.807, 2.05) is 6.92 Å². The molecule has 0 radical (unpaired) electrons. The van der Waals surface area contributed by atoms with E-state index >= 15 is 0 Å². The Morgan fingerprint density at radius 3 is 2.62 bits per heavy atom. The highest BCUT2D eigenvalue weighted by atomic mass is 16.6. The van der Waals surface area contributed by atoms with Crippen molar-refractivity contribution in [2.24, 2.45) is 5.92 Å². The smallest absolute Gasteiger partial charge is 0.408 e. The number of ether oxygens (including phenoxy) is 2. The molecule has 0 aromatic heterocycles. The van der Waals surface area contributed by atoms with Gasteiger partial charge in [-0.05, 0) is 53.4 Å². The number of alkyl carbamates (subject to hydrolysis) is 1. The number of nitrogens with one attached hydrogen (secondary N) is 1. The number of aliphatic hydroxyl groups is 1. The lowest BCUT2D eigenvalue weighted by molar-refractivity contribution is -0.155. The Hall–Kier alpha value is -1.30. The lowest BCUT2D eigenvalue weighted by Gasteiger charge is -2.28. The minimum Gasteiger partial charge on any atom is -0.461 e. The van der Waals surface area contributed by atoms with E-state index < -0.39 is 29.8 Å². The van der Waals surface area contributed by atoms with E-state index in [1.54, 1.807) is 20.8 Å². The van der Waals surface area contributed by atoms with Crippen LogP contribution in [0.4, 0.5) is 4.79 Å². The maximum absolute atomic E-state index is 12.4. The Balaban J connectivity index is 2.72. The summed E-state index contributed by atoms with van der Waals surface area (Å²) < 4.78 is 10.7. The summed E-state index contributed by atoms with van der Waals surface area (Å²) in [4.78, 5) is 24.3. The molecule has 140 valence electrons. The summed E-state index contributed by atoms with van der Waals surface area (Å²) in [7, 11) is 0. The van der Waals surface area contributed by atoms with Crippen molar-refractivity contribution in [3.63, 3.8) is 0 Å². The quantitative estimate of drug-likeness (QED) is 0.766. The van der Waals surface area contributed by atoms with E-state index in [0.29, 0.717) is 19.3 Å². The molecular weight excluding hydrogens is 310 g/mol. The zero-order valence-electron chi connectivity index (χ0n) is 15.6. The fraction of sp³-hybridized carbons (Fsp3) is 0.889. The zero-order chi connectivity index (χ0) is 18.3. The van der Waals surface area contributed by atoms with Gasteiger partial charge in [0.1, 0.15) is 17.7 Å². The van der Waals surface area contributed by atoms with Gasteiger partial charge in [0.2, 0.25) is 0 Å². The zero-order valence-corrected chi connectivity index (χ0v) is 15.6. The summed E-state index contributed by atoms with van der Waals surface area (Å²) in [5.74, 6) is -0.516. The van der Waals surface area contributed by atoms with Gasteiger partial charge in [-0.1, -0.05) is 19.8 Å². The number of aliphatic hydroxyl groups excluding tert-OH is 1. The molecule has 1 fully saturated rings. The molecule has 0 aliphatic carbocycles. The maximum Gasteiger partial charge on any atom is 0.408 e. The molecule has 1 rings (SSSR count). The molecule has 2 N–H and O–H groups in total. The van der Waals surface area contributed by atoms with Gasteiger partial charge < -0.3 is 19.9 Å². The number of cyclic esters (lactones) is 1. The van der Waals surface area contributed by atoms with Crippen LogP contribution >= 0.6 is 0 Å². The Bertz CT molecular complexity index is 418. The average Bonchev–Trinajstić information content (AvgIpc) is 2.47. The summed E-state index contributed by atoms with van der Waals surface area (Å²) in [6, 6.07) is -0.737. The van der Waals surface area contributed by atoms with Crippen LogP contribution in [0, 0.1) is 5.92 Å². The molecule has 6 nitrogen and oxygen atoms in total. The second-order valence-electron chi connectivity index (χ2n) is 7.65.